The number of aryl methyl sites for hydroxylation is 2. The molecule has 3 aromatic heterocycles. The minimum absolute atomic E-state index is 0.425. The van der Waals surface area contributed by atoms with Gasteiger partial charge in [0.15, 0.2) is 5.82 Å². The highest BCUT2D eigenvalue weighted by Gasteiger charge is 2.32. The molecule has 7 heteroatoms. The van der Waals surface area contributed by atoms with Crippen LogP contribution in [0.4, 0.5) is 13.2 Å². The van der Waals surface area contributed by atoms with Gasteiger partial charge in [-0.05, 0) is 74.5 Å². The molecule has 0 unspecified atom stereocenters. The van der Waals surface area contributed by atoms with Crippen molar-refractivity contribution < 1.29 is 13.2 Å². The first-order valence-electron chi connectivity index (χ1n) is 20.6. The summed E-state index contributed by atoms with van der Waals surface area (Å²) in [5, 5.41) is 4.09. The van der Waals surface area contributed by atoms with Crippen LogP contribution in [0.5, 0.6) is 0 Å². The molecule has 0 spiro atoms. The zero-order valence-corrected chi connectivity index (χ0v) is 33.8. The summed E-state index contributed by atoms with van der Waals surface area (Å²) in [6, 6.07) is 61.1. The van der Waals surface area contributed by atoms with Gasteiger partial charge in [-0.1, -0.05) is 139 Å². The highest BCUT2D eigenvalue weighted by atomic mass is 19.4. The van der Waals surface area contributed by atoms with E-state index in [1.54, 1.807) is 6.07 Å². The van der Waals surface area contributed by atoms with Crippen LogP contribution >= 0.6 is 0 Å². The molecule has 0 saturated heterocycles. The molecular weight excluding hydrogens is 774 g/mol. The second kappa shape index (κ2) is 14.5. The van der Waals surface area contributed by atoms with E-state index in [4.69, 9.17) is 9.97 Å². The van der Waals surface area contributed by atoms with E-state index in [-0.39, 0.29) is 0 Å². The minimum atomic E-state index is -4.57. The largest absolute Gasteiger partial charge is 0.416 e. The van der Waals surface area contributed by atoms with E-state index in [0.717, 1.165) is 94.1 Å². The van der Waals surface area contributed by atoms with Crippen LogP contribution in [-0.4, -0.2) is 19.1 Å². The van der Waals surface area contributed by atoms with E-state index in [1.807, 2.05) is 139 Å². The lowest BCUT2D eigenvalue weighted by Gasteiger charge is -2.21. The summed E-state index contributed by atoms with van der Waals surface area (Å²) in [7, 11) is 0. The Labute approximate surface area is 355 Å². The fourth-order valence-electron chi connectivity index (χ4n) is 8.99. The Hall–Kier alpha value is -7.77. The second-order valence-corrected chi connectivity index (χ2v) is 15.9. The molecule has 298 valence electrons. The molecule has 3 heterocycles. The summed E-state index contributed by atoms with van der Waals surface area (Å²) < 4.78 is 48.7. The van der Waals surface area contributed by atoms with Crippen molar-refractivity contribution in [3.8, 4) is 56.4 Å². The van der Waals surface area contributed by atoms with Crippen molar-refractivity contribution in [3.05, 3.63) is 205 Å². The average molecular weight is 811 g/mol. The first-order valence-corrected chi connectivity index (χ1v) is 20.6. The van der Waals surface area contributed by atoms with E-state index < -0.39 is 11.7 Å². The van der Waals surface area contributed by atoms with Gasteiger partial charge in [0, 0.05) is 49.4 Å². The molecule has 0 fully saturated rings. The van der Waals surface area contributed by atoms with Crippen LogP contribution in [0, 0.1) is 13.8 Å². The van der Waals surface area contributed by atoms with Crippen molar-refractivity contribution in [1.29, 1.82) is 0 Å². The van der Waals surface area contributed by atoms with Gasteiger partial charge in [-0.15, -0.1) is 0 Å². The average Bonchev–Trinajstić information content (AvgIpc) is 3.80. The lowest BCUT2D eigenvalue weighted by atomic mass is 9.96. The number of hydrogen-bond donors (Lipinski definition) is 0. The minimum Gasteiger partial charge on any atom is -0.309 e. The lowest BCUT2D eigenvalue weighted by Crippen LogP contribution is -2.08. The lowest BCUT2D eigenvalue weighted by molar-refractivity contribution is -0.137. The van der Waals surface area contributed by atoms with Gasteiger partial charge >= 0.3 is 6.18 Å². The zero-order valence-electron chi connectivity index (χ0n) is 33.8. The van der Waals surface area contributed by atoms with Crippen molar-refractivity contribution in [2.24, 2.45) is 0 Å². The number of aromatic nitrogens is 4. The monoisotopic (exact) mass is 810 g/mol. The normalized spacial score (nSPS) is 12.0. The van der Waals surface area contributed by atoms with Crippen LogP contribution in [0.2, 0.25) is 0 Å². The molecule has 0 bridgehead atoms. The number of rotatable bonds is 6. The number of halogens is 3. The first-order chi connectivity index (χ1) is 30.2. The Morgan fingerprint density at radius 1 is 0.387 bits per heavy atom. The summed E-state index contributed by atoms with van der Waals surface area (Å²) in [5.74, 6) is 0.528. The molecule has 4 nitrogen and oxygen atoms in total. The van der Waals surface area contributed by atoms with Gasteiger partial charge in [-0.3, -0.25) is 0 Å². The topological polar surface area (TPSA) is 35.6 Å². The molecule has 11 aromatic rings. The van der Waals surface area contributed by atoms with Crippen molar-refractivity contribution in [2.45, 2.75) is 20.0 Å². The van der Waals surface area contributed by atoms with E-state index in [0.29, 0.717) is 17.1 Å². The smallest absolute Gasteiger partial charge is 0.309 e. The molecule has 8 aromatic carbocycles. The van der Waals surface area contributed by atoms with E-state index >= 15 is 0 Å². The molecule has 62 heavy (non-hydrogen) atoms. The Morgan fingerprint density at radius 3 is 1.35 bits per heavy atom. The standard InChI is InChI=1S/C55H37F3N4/c1-34-21-27-50-44(29-34)40-17-9-11-19-48(40)61(50)52-31-38(54-59-46(36-13-5-3-6-14-36)33-47(60-54)37-15-7-4-8-16-37)23-25-42(52)43-26-24-39(55(56,57)58)32-53(43)62-49-20-12-10-18-41(49)45-30-35(2)22-28-51(45)62/h3-33H,1-2H3. The van der Waals surface area contributed by atoms with Crippen molar-refractivity contribution in [2.75, 3.05) is 0 Å². The van der Waals surface area contributed by atoms with Gasteiger partial charge in [-0.25, -0.2) is 9.97 Å². The quantitative estimate of drug-likeness (QED) is 0.168. The molecule has 0 radical (unpaired) electrons. The van der Waals surface area contributed by atoms with Gasteiger partial charge in [0.1, 0.15) is 0 Å². The molecule has 0 amide bonds. The van der Waals surface area contributed by atoms with Gasteiger partial charge in [-0.2, -0.15) is 13.2 Å². The third kappa shape index (κ3) is 6.24. The summed E-state index contributed by atoms with van der Waals surface area (Å²) >= 11 is 0. The molecule has 0 atom stereocenters. The number of benzene rings is 8. The zero-order chi connectivity index (χ0) is 42.1. The number of para-hydroxylation sites is 2. The van der Waals surface area contributed by atoms with Crippen LogP contribution in [0.15, 0.2) is 188 Å². The van der Waals surface area contributed by atoms with Crippen LogP contribution in [-0.2, 0) is 6.18 Å². The van der Waals surface area contributed by atoms with Crippen LogP contribution in [0.25, 0.3) is 100 Å². The maximum Gasteiger partial charge on any atom is 0.416 e. The van der Waals surface area contributed by atoms with E-state index in [9.17, 15) is 13.2 Å². The van der Waals surface area contributed by atoms with Crippen LogP contribution in [0.3, 0.4) is 0 Å². The molecule has 0 N–H and O–H groups in total. The second-order valence-electron chi connectivity index (χ2n) is 15.9. The third-order valence-electron chi connectivity index (χ3n) is 11.9. The van der Waals surface area contributed by atoms with Gasteiger partial charge < -0.3 is 9.13 Å². The highest BCUT2D eigenvalue weighted by Crippen LogP contribution is 2.44. The maximum absolute atomic E-state index is 14.8. The Bertz CT molecular complexity index is 3470. The SMILES string of the molecule is Cc1ccc2c(c1)c1ccccc1n2-c1cc(-c2nc(-c3ccccc3)cc(-c3ccccc3)n2)ccc1-c1ccc(C(F)(F)F)cc1-n1c2ccccc2c2cc(C)ccc21. The number of alkyl halides is 3. The third-order valence-corrected chi connectivity index (χ3v) is 11.9. The summed E-state index contributed by atoms with van der Waals surface area (Å²) in [5.41, 5.74) is 11.9. The molecule has 0 aliphatic rings. The van der Waals surface area contributed by atoms with Gasteiger partial charge in [0.2, 0.25) is 0 Å². The number of hydrogen-bond acceptors (Lipinski definition) is 2. The molecule has 0 saturated carbocycles. The summed E-state index contributed by atoms with van der Waals surface area (Å²) in [6.45, 7) is 4.12. The molecule has 0 aliphatic carbocycles. The Kier molecular flexibility index (Phi) is 8.68. The first kappa shape index (κ1) is 37.2. The van der Waals surface area contributed by atoms with E-state index in [2.05, 4.69) is 54.0 Å². The summed E-state index contributed by atoms with van der Waals surface area (Å²) in [6.07, 6.45) is -4.57. The fraction of sp³-hybridized carbons (Fsp3) is 0.0545. The predicted molar refractivity (Wildman–Crippen MR) is 247 cm³/mol. The maximum atomic E-state index is 14.8. The van der Waals surface area contributed by atoms with Gasteiger partial charge in [0.25, 0.3) is 0 Å². The highest BCUT2D eigenvalue weighted by molar-refractivity contribution is 6.12. The van der Waals surface area contributed by atoms with Crippen molar-refractivity contribution in [3.63, 3.8) is 0 Å². The van der Waals surface area contributed by atoms with Crippen molar-refractivity contribution >= 4 is 43.6 Å². The molecule has 11 rings (SSSR count). The Balaban J connectivity index is 1.25. The predicted octanol–water partition coefficient (Wildman–Crippen LogP) is 15.0. The van der Waals surface area contributed by atoms with Crippen LogP contribution < -0.4 is 0 Å². The molecular formula is C55H37F3N4. The number of fused-ring (bicyclic) bond motifs is 6. The van der Waals surface area contributed by atoms with E-state index in [1.165, 1.54) is 12.1 Å². The summed E-state index contributed by atoms with van der Waals surface area (Å²) in [4.78, 5) is 10.4. The fourth-order valence-corrected chi connectivity index (χ4v) is 8.99. The van der Waals surface area contributed by atoms with Gasteiger partial charge in [0.05, 0.1) is 50.4 Å². The van der Waals surface area contributed by atoms with Crippen molar-refractivity contribution in [1.82, 2.24) is 19.1 Å². The Morgan fingerprint density at radius 2 is 0.839 bits per heavy atom. The number of nitrogens with zero attached hydrogens (tertiary/aromatic N) is 4. The van der Waals surface area contributed by atoms with Crippen LogP contribution in [0.1, 0.15) is 16.7 Å². The molecule has 0 aliphatic heterocycles.